The van der Waals surface area contributed by atoms with Gasteiger partial charge in [-0.2, -0.15) is 0 Å². The molecule has 0 bridgehead atoms. The van der Waals surface area contributed by atoms with Crippen molar-refractivity contribution in [2.75, 3.05) is 10.6 Å². The minimum Gasteiger partial charge on any atom is -0.366 e. The Kier molecular flexibility index (Phi) is 6.13. The van der Waals surface area contributed by atoms with Crippen molar-refractivity contribution in [3.63, 3.8) is 0 Å². The summed E-state index contributed by atoms with van der Waals surface area (Å²) >= 11 is 0. The van der Waals surface area contributed by atoms with Crippen molar-refractivity contribution in [1.29, 1.82) is 0 Å². The number of nitrogens with two attached hydrogens (primary N) is 1. The van der Waals surface area contributed by atoms with Gasteiger partial charge in [0.15, 0.2) is 17.5 Å². The predicted molar refractivity (Wildman–Crippen MR) is 121 cm³/mol. The predicted octanol–water partition coefficient (Wildman–Crippen LogP) is 4.32. The summed E-state index contributed by atoms with van der Waals surface area (Å²) in [4.78, 5) is 32.6. The molecule has 4 rings (SSSR count). The Morgan fingerprint density at radius 1 is 0.971 bits per heavy atom. The van der Waals surface area contributed by atoms with Gasteiger partial charge < -0.3 is 16.4 Å². The molecule has 4 N–H and O–H groups in total. The van der Waals surface area contributed by atoms with Crippen molar-refractivity contribution >= 4 is 34.2 Å². The van der Waals surface area contributed by atoms with E-state index in [0.717, 1.165) is 5.56 Å². The number of fused-ring (bicyclic) bond motifs is 1. The largest absolute Gasteiger partial charge is 0.366 e. The zero-order chi connectivity index (χ0) is 24.4. The molecule has 0 atom stereocenters. The number of benzene rings is 3. The Morgan fingerprint density at radius 2 is 1.74 bits per heavy atom. The first kappa shape index (κ1) is 22.7. The van der Waals surface area contributed by atoms with Crippen LogP contribution in [0.25, 0.3) is 10.9 Å². The third kappa shape index (κ3) is 4.38. The molecule has 34 heavy (non-hydrogen) atoms. The van der Waals surface area contributed by atoms with E-state index in [-0.39, 0.29) is 16.7 Å². The van der Waals surface area contributed by atoms with Crippen LogP contribution in [0.1, 0.15) is 31.8 Å². The average molecular weight is 465 g/mol. The second-order valence-electron chi connectivity index (χ2n) is 7.46. The van der Waals surface area contributed by atoms with E-state index in [1.54, 1.807) is 42.5 Å². The maximum atomic E-state index is 13.8. The highest BCUT2D eigenvalue weighted by atomic mass is 19.2. The van der Waals surface area contributed by atoms with Crippen LogP contribution in [0.3, 0.4) is 0 Å². The minimum absolute atomic E-state index is 0.275. The molecule has 0 unspecified atom stereocenters. The van der Waals surface area contributed by atoms with E-state index in [0.29, 0.717) is 35.0 Å². The third-order valence-electron chi connectivity index (χ3n) is 5.23. The minimum atomic E-state index is -1.62. The summed E-state index contributed by atoms with van der Waals surface area (Å²) in [5.74, 6) is -5.36. The number of carbonyl (C=O) groups excluding carboxylic acids is 2. The molecular formula is C24H18F3N5O2. The van der Waals surface area contributed by atoms with Gasteiger partial charge in [-0.05, 0) is 42.8 Å². The average Bonchev–Trinajstić information content (AvgIpc) is 2.83. The monoisotopic (exact) mass is 465 g/mol. The summed E-state index contributed by atoms with van der Waals surface area (Å²) < 4.78 is 40.8. The van der Waals surface area contributed by atoms with Gasteiger partial charge in [0.2, 0.25) is 0 Å². The van der Waals surface area contributed by atoms with Crippen LogP contribution >= 0.6 is 0 Å². The molecule has 0 radical (unpaired) electrons. The van der Waals surface area contributed by atoms with E-state index < -0.39 is 29.3 Å². The normalized spacial score (nSPS) is 10.8. The number of hydrogen-bond acceptors (Lipinski definition) is 5. The van der Waals surface area contributed by atoms with Crippen molar-refractivity contribution in [3.05, 3.63) is 94.6 Å². The highest BCUT2D eigenvalue weighted by Gasteiger charge is 2.20. The van der Waals surface area contributed by atoms with Crippen LogP contribution in [0.2, 0.25) is 0 Å². The van der Waals surface area contributed by atoms with E-state index in [9.17, 15) is 22.8 Å². The summed E-state index contributed by atoms with van der Waals surface area (Å²) in [6, 6.07) is 12.4. The fraction of sp³-hybridized carbons (Fsp3) is 0.0833. The van der Waals surface area contributed by atoms with Gasteiger partial charge in [0.1, 0.15) is 12.1 Å². The Labute approximate surface area is 191 Å². The second-order valence-corrected chi connectivity index (χ2v) is 7.46. The SMILES string of the molecule is Cc1c(C(=O)Nc2cccc(CNc3ncnc4c(C(N)=O)cccc34)c2)cc(F)c(F)c1F. The lowest BCUT2D eigenvalue weighted by molar-refractivity contribution is 0.0998. The van der Waals surface area contributed by atoms with Gasteiger partial charge in [-0.15, -0.1) is 0 Å². The summed E-state index contributed by atoms with van der Waals surface area (Å²) in [6.07, 6.45) is 1.32. The van der Waals surface area contributed by atoms with Crippen LogP contribution in [0.5, 0.6) is 0 Å². The number of aromatic nitrogens is 2. The van der Waals surface area contributed by atoms with Crippen molar-refractivity contribution in [2.45, 2.75) is 13.5 Å². The molecule has 7 nitrogen and oxygen atoms in total. The van der Waals surface area contributed by atoms with Gasteiger partial charge in [-0.1, -0.05) is 18.2 Å². The maximum Gasteiger partial charge on any atom is 0.256 e. The first-order valence-corrected chi connectivity index (χ1v) is 10.1. The topological polar surface area (TPSA) is 110 Å². The third-order valence-corrected chi connectivity index (χ3v) is 5.23. The summed E-state index contributed by atoms with van der Waals surface area (Å²) in [5, 5.41) is 6.33. The highest BCUT2D eigenvalue weighted by molar-refractivity contribution is 6.07. The number of halogens is 3. The van der Waals surface area contributed by atoms with Gasteiger partial charge in [0, 0.05) is 28.7 Å². The number of nitrogens with zero attached hydrogens (tertiary/aromatic N) is 2. The number of hydrogen-bond donors (Lipinski definition) is 3. The Morgan fingerprint density at radius 3 is 2.50 bits per heavy atom. The molecule has 4 aromatic rings. The lowest BCUT2D eigenvalue weighted by Gasteiger charge is -2.12. The Hall–Kier alpha value is -4.47. The molecule has 0 saturated carbocycles. The molecule has 2 amide bonds. The Balaban J connectivity index is 1.53. The number of primary amides is 1. The first-order chi connectivity index (χ1) is 16.3. The maximum absolute atomic E-state index is 13.8. The van der Waals surface area contributed by atoms with E-state index in [1.807, 2.05) is 0 Å². The molecular weight excluding hydrogens is 447 g/mol. The molecule has 0 spiro atoms. The Bertz CT molecular complexity index is 1440. The first-order valence-electron chi connectivity index (χ1n) is 10.1. The molecule has 1 aromatic heterocycles. The van der Waals surface area contributed by atoms with Gasteiger partial charge in [0.05, 0.1) is 11.1 Å². The second kappa shape index (κ2) is 9.18. The van der Waals surface area contributed by atoms with E-state index in [4.69, 9.17) is 5.73 Å². The fourth-order valence-electron chi connectivity index (χ4n) is 3.49. The molecule has 0 aliphatic heterocycles. The van der Waals surface area contributed by atoms with E-state index in [1.165, 1.54) is 13.3 Å². The number of para-hydroxylation sites is 1. The molecule has 0 saturated heterocycles. The van der Waals surface area contributed by atoms with Gasteiger partial charge in [-0.3, -0.25) is 9.59 Å². The highest BCUT2D eigenvalue weighted by Crippen LogP contribution is 2.24. The van der Waals surface area contributed by atoms with Crippen LogP contribution in [-0.2, 0) is 6.54 Å². The molecule has 3 aromatic carbocycles. The zero-order valence-electron chi connectivity index (χ0n) is 17.8. The van der Waals surface area contributed by atoms with Gasteiger partial charge in [0.25, 0.3) is 11.8 Å². The van der Waals surface area contributed by atoms with Crippen LogP contribution < -0.4 is 16.4 Å². The van der Waals surface area contributed by atoms with Crippen molar-refractivity contribution in [2.24, 2.45) is 5.73 Å². The van der Waals surface area contributed by atoms with Crippen molar-refractivity contribution in [1.82, 2.24) is 9.97 Å². The lowest BCUT2D eigenvalue weighted by Crippen LogP contribution is -2.16. The fourth-order valence-corrected chi connectivity index (χ4v) is 3.49. The standard InChI is InChI=1S/C24H18F3N5O2/c1-12-17(9-18(25)20(27)19(12)26)24(34)32-14-5-2-4-13(8-14)10-29-23-16-7-3-6-15(22(28)33)21(16)30-11-31-23/h2-9,11H,10H2,1H3,(H2,28,33)(H,32,34)(H,29,30,31). The zero-order valence-corrected chi connectivity index (χ0v) is 17.8. The van der Waals surface area contributed by atoms with Gasteiger partial charge >= 0.3 is 0 Å². The molecule has 10 heteroatoms. The van der Waals surface area contributed by atoms with Gasteiger partial charge in [-0.25, -0.2) is 23.1 Å². The van der Waals surface area contributed by atoms with Crippen LogP contribution in [0, 0.1) is 24.4 Å². The van der Waals surface area contributed by atoms with Crippen LogP contribution in [0.4, 0.5) is 24.7 Å². The summed E-state index contributed by atoms with van der Waals surface area (Å²) in [5.41, 5.74) is 6.63. The quantitative estimate of drug-likeness (QED) is 0.368. The molecule has 0 aliphatic carbocycles. The molecule has 0 aliphatic rings. The number of amides is 2. The molecule has 0 fully saturated rings. The molecule has 1 heterocycles. The number of anilines is 2. The number of nitrogens with one attached hydrogen (secondary N) is 2. The summed E-state index contributed by atoms with van der Waals surface area (Å²) in [7, 11) is 0. The van der Waals surface area contributed by atoms with Crippen molar-refractivity contribution in [3.8, 4) is 0 Å². The summed E-state index contributed by atoms with van der Waals surface area (Å²) in [6.45, 7) is 1.50. The van der Waals surface area contributed by atoms with Crippen LogP contribution in [-0.4, -0.2) is 21.8 Å². The lowest BCUT2D eigenvalue weighted by atomic mass is 10.1. The number of carbonyl (C=O) groups is 2. The smallest absolute Gasteiger partial charge is 0.256 e. The van der Waals surface area contributed by atoms with E-state index >= 15 is 0 Å². The van der Waals surface area contributed by atoms with E-state index in [2.05, 4.69) is 20.6 Å². The molecule has 172 valence electrons. The van der Waals surface area contributed by atoms with Crippen molar-refractivity contribution < 1.29 is 22.8 Å². The number of rotatable bonds is 6. The van der Waals surface area contributed by atoms with Crippen LogP contribution in [0.15, 0.2) is 54.9 Å².